The number of rotatable bonds is 10. The standard InChI is InChI=1S/C19H26FNO6/c1-12(8-6-5-7-11-20)25-17-10-9-16(26-14(3)23)18(21-13(2)22)19(17)27-15(4)24/h9-10,12H,5-8,11H2,1-4H3,(H,21,22). The zero-order valence-corrected chi connectivity index (χ0v) is 16.1. The largest absolute Gasteiger partial charge is 0.487 e. The number of halogens is 1. The van der Waals surface area contributed by atoms with E-state index in [1.165, 1.54) is 32.9 Å². The first kappa shape index (κ1) is 22.4. The molecule has 1 N–H and O–H groups in total. The number of ether oxygens (including phenoxy) is 3. The maximum absolute atomic E-state index is 12.2. The van der Waals surface area contributed by atoms with E-state index in [-0.39, 0.29) is 35.7 Å². The highest BCUT2D eigenvalue weighted by molar-refractivity contribution is 5.95. The highest BCUT2D eigenvalue weighted by Gasteiger charge is 2.22. The Bertz CT molecular complexity index is 676. The van der Waals surface area contributed by atoms with Gasteiger partial charge in [0.05, 0.1) is 12.8 Å². The van der Waals surface area contributed by atoms with Gasteiger partial charge in [-0.25, -0.2) is 0 Å². The van der Waals surface area contributed by atoms with E-state index in [9.17, 15) is 18.8 Å². The second-order valence-electron chi connectivity index (χ2n) is 6.10. The SMILES string of the molecule is CC(=O)Nc1c(OC(C)=O)ccc(OC(C)CCCCCF)c1OC(C)=O. The zero-order chi connectivity index (χ0) is 20.4. The van der Waals surface area contributed by atoms with Crippen molar-refractivity contribution < 1.29 is 33.0 Å². The van der Waals surface area contributed by atoms with Gasteiger partial charge in [0.2, 0.25) is 5.91 Å². The van der Waals surface area contributed by atoms with Crippen molar-refractivity contribution in [2.75, 3.05) is 12.0 Å². The third-order valence-corrected chi connectivity index (χ3v) is 3.46. The van der Waals surface area contributed by atoms with E-state index in [0.717, 1.165) is 12.8 Å². The second kappa shape index (κ2) is 11.2. The van der Waals surface area contributed by atoms with Crippen LogP contribution in [0.5, 0.6) is 17.2 Å². The first-order chi connectivity index (χ1) is 12.7. The Morgan fingerprint density at radius 2 is 1.63 bits per heavy atom. The smallest absolute Gasteiger partial charge is 0.308 e. The molecule has 0 aliphatic rings. The molecule has 0 radical (unpaired) electrons. The Morgan fingerprint density at radius 3 is 2.19 bits per heavy atom. The Kier molecular flexibility index (Phi) is 9.25. The number of nitrogens with one attached hydrogen (secondary N) is 1. The molecule has 0 heterocycles. The molecular weight excluding hydrogens is 357 g/mol. The lowest BCUT2D eigenvalue weighted by molar-refractivity contribution is -0.132. The fraction of sp³-hybridized carbons (Fsp3) is 0.526. The summed E-state index contributed by atoms with van der Waals surface area (Å²) in [5, 5.41) is 2.51. The van der Waals surface area contributed by atoms with Crippen LogP contribution in [-0.2, 0) is 14.4 Å². The van der Waals surface area contributed by atoms with Crippen LogP contribution in [0.25, 0.3) is 0 Å². The molecule has 150 valence electrons. The van der Waals surface area contributed by atoms with Gasteiger partial charge in [0.1, 0.15) is 5.69 Å². The van der Waals surface area contributed by atoms with E-state index in [2.05, 4.69) is 5.32 Å². The van der Waals surface area contributed by atoms with E-state index in [0.29, 0.717) is 12.8 Å². The molecule has 0 aliphatic heterocycles. The van der Waals surface area contributed by atoms with Crippen molar-refractivity contribution in [1.82, 2.24) is 0 Å². The first-order valence-corrected chi connectivity index (χ1v) is 8.78. The normalized spacial score (nSPS) is 11.4. The molecule has 0 aliphatic carbocycles. The van der Waals surface area contributed by atoms with Gasteiger partial charge in [-0.1, -0.05) is 6.42 Å². The van der Waals surface area contributed by atoms with E-state index in [4.69, 9.17) is 14.2 Å². The minimum absolute atomic E-state index is 0.0351. The molecule has 0 saturated carbocycles. The maximum atomic E-state index is 12.2. The number of esters is 2. The summed E-state index contributed by atoms with van der Waals surface area (Å²) in [7, 11) is 0. The van der Waals surface area contributed by atoms with E-state index < -0.39 is 17.8 Å². The van der Waals surface area contributed by atoms with E-state index in [1.807, 2.05) is 6.92 Å². The lowest BCUT2D eigenvalue weighted by atomic mass is 10.1. The summed E-state index contributed by atoms with van der Waals surface area (Å²) in [6.07, 6.45) is 2.50. The fourth-order valence-electron chi connectivity index (χ4n) is 2.40. The molecule has 7 nitrogen and oxygen atoms in total. The Balaban J connectivity index is 3.15. The molecule has 1 rings (SSSR count). The number of amides is 1. The molecule has 0 aromatic heterocycles. The summed E-state index contributed by atoms with van der Waals surface area (Å²) in [6.45, 7) is 5.19. The first-order valence-electron chi connectivity index (χ1n) is 8.78. The number of carbonyl (C=O) groups is 3. The van der Waals surface area contributed by atoms with Gasteiger partial charge in [0, 0.05) is 20.8 Å². The molecule has 1 amide bonds. The topological polar surface area (TPSA) is 90.9 Å². The zero-order valence-electron chi connectivity index (χ0n) is 16.1. The Hall–Kier alpha value is -2.64. The fourth-order valence-corrected chi connectivity index (χ4v) is 2.40. The molecule has 1 atom stereocenters. The highest BCUT2D eigenvalue weighted by Crippen LogP contribution is 2.43. The molecule has 27 heavy (non-hydrogen) atoms. The number of carbonyl (C=O) groups excluding carboxylic acids is 3. The molecule has 0 spiro atoms. The molecule has 1 aromatic rings. The number of hydrogen-bond acceptors (Lipinski definition) is 6. The quantitative estimate of drug-likeness (QED) is 0.375. The van der Waals surface area contributed by atoms with Gasteiger partial charge in [-0.2, -0.15) is 0 Å². The number of unbranched alkanes of at least 4 members (excludes halogenated alkanes) is 2. The van der Waals surface area contributed by atoms with Gasteiger partial charge in [-0.05, 0) is 38.3 Å². The van der Waals surface area contributed by atoms with Crippen molar-refractivity contribution in [1.29, 1.82) is 0 Å². The van der Waals surface area contributed by atoms with Gasteiger partial charge in [-0.3, -0.25) is 18.8 Å². The Morgan fingerprint density at radius 1 is 1.00 bits per heavy atom. The molecule has 1 aromatic carbocycles. The summed E-state index contributed by atoms with van der Waals surface area (Å²) in [5.41, 5.74) is 0.0371. The predicted octanol–water partition coefficient (Wildman–Crippen LogP) is 3.79. The molecule has 1 unspecified atom stereocenters. The van der Waals surface area contributed by atoms with Crippen LogP contribution in [0.2, 0.25) is 0 Å². The van der Waals surface area contributed by atoms with Crippen molar-refractivity contribution in [2.45, 2.75) is 59.5 Å². The monoisotopic (exact) mass is 383 g/mol. The number of alkyl halides is 1. The van der Waals surface area contributed by atoms with Crippen LogP contribution in [0.1, 0.15) is 53.4 Å². The van der Waals surface area contributed by atoms with Crippen LogP contribution in [0.3, 0.4) is 0 Å². The van der Waals surface area contributed by atoms with Crippen LogP contribution in [-0.4, -0.2) is 30.6 Å². The van der Waals surface area contributed by atoms with Crippen LogP contribution in [0.15, 0.2) is 12.1 Å². The summed E-state index contributed by atoms with van der Waals surface area (Å²) < 4.78 is 28.3. The van der Waals surface area contributed by atoms with Gasteiger partial charge in [0.15, 0.2) is 17.2 Å². The molecule has 0 saturated heterocycles. The van der Waals surface area contributed by atoms with Gasteiger partial charge < -0.3 is 19.5 Å². The molecule has 0 fully saturated rings. The highest BCUT2D eigenvalue weighted by atomic mass is 19.1. The average Bonchev–Trinajstić information content (AvgIpc) is 2.55. The van der Waals surface area contributed by atoms with Crippen molar-refractivity contribution in [2.24, 2.45) is 0 Å². The lowest BCUT2D eigenvalue weighted by Crippen LogP contribution is -2.16. The summed E-state index contributed by atoms with van der Waals surface area (Å²) in [6, 6.07) is 2.95. The van der Waals surface area contributed by atoms with E-state index in [1.54, 1.807) is 0 Å². The number of anilines is 1. The maximum Gasteiger partial charge on any atom is 0.308 e. The summed E-state index contributed by atoms with van der Waals surface area (Å²) >= 11 is 0. The average molecular weight is 383 g/mol. The minimum atomic E-state index is -0.623. The number of hydrogen-bond donors (Lipinski definition) is 1. The number of benzene rings is 1. The van der Waals surface area contributed by atoms with Crippen LogP contribution < -0.4 is 19.5 Å². The summed E-state index contributed by atoms with van der Waals surface area (Å²) in [4.78, 5) is 34.4. The minimum Gasteiger partial charge on any atom is -0.487 e. The van der Waals surface area contributed by atoms with Gasteiger partial charge in [-0.15, -0.1) is 0 Å². The van der Waals surface area contributed by atoms with Crippen molar-refractivity contribution in [3.63, 3.8) is 0 Å². The lowest BCUT2D eigenvalue weighted by Gasteiger charge is -2.20. The molecule has 8 heteroatoms. The summed E-state index contributed by atoms with van der Waals surface area (Å²) in [5.74, 6) is -1.42. The van der Waals surface area contributed by atoms with Crippen molar-refractivity contribution >= 4 is 23.5 Å². The predicted molar refractivity (Wildman–Crippen MR) is 97.9 cm³/mol. The van der Waals surface area contributed by atoms with Crippen LogP contribution in [0.4, 0.5) is 10.1 Å². The van der Waals surface area contributed by atoms with Crippen LogP contribution >= 0.6 is 0 Å². The second-order valence-corrected chi connectivity index (χ2v) is 6.10. The van der Waals surface area contributed by atoms with Crippen LogP contribution in [0, 0.1) is 0 Å². The van der Waals surface area contributed by atoms with E-state index >= 15 is 0 Å². The third-order valence-electron chi connectivity index (χ3n) is 3.46. The molecule has 0 bridgehead atoms. The Labute approximate surface area is 158 Å². The van der Waals surface area contributed by atoms with Gasteiger partial charge >= 0.3 is 11.9 Å². The third kappa shape index (κ3) is 8.06. The van der Waals surface area contributed by atoms with Crippen molar-refractivity contribution in [3.8, 4) is 17.2 Å². The van der Waals surface area contributed by atoms with Crippen molar-refractivity contribution in [3.05, 3.63) is 12.1 Å². The van der Waals surface area contributed by atoms with Gasteiger partial charge in [0.25, 0.3) is 0 Å². The molecular formula is C19H26FNO6.